The Bertz CT molecular complexity index is 535. The van der Waals surface area contributed by atoms with Gasteiger partial charge >= 0.3 is 0 Å². The summed E-state index contributed by atoms with van der Waals surface area (Å²) < 4.78 is 0. The van der Waals surface area contributed by atoms with E-state index in [1.54, 1.807) is 0 Å². The Morgan fingerprint density at radius 2 is 1.53 bits per heavy atom. The Labute approximate surface area is 105 Å². The number of pyridine rings is 2. The summed E-state index contributed by atoms with van der Waals surface area (Å²) in [5.41, 5.74) is 4.96. The van der Waals surface area contributed by atoms with Crippen molar-refractivity contribution in [1.29, 1.82) is 0 Å². The summed E-state index contributed by atoms with van der Waals surface area (Å²) >= 11 is 0. The number of rotatable bonds is 2. The number of aromatic nitrogens is 2. The van der Waals surface area contributed by atoms with E-state index in [2.05, 4.69) is 9.97 Å². The molecule has 0 aliphatic heterocycles. The summed E-state index contributed by atoms with van der Waals surface area (Å²) in [7, 11) is 12.7. The van der Waals surface area contributed by atoms with Gasteiger partial charge < -0.3 is 0 Å². The van der Waals surface area contributed by atoms with Gasteiger partial charge in [0.05, 0.1) is 11.4 Å². The van der Waals surface area contributed by atoms with Crippen LogP contribution in [0.3, 0.4) is 0 Å². The average Bonchev–Trinajstić information content (AvgIpc) is 2.26. The van der Waals surface area contributed by atoms with Crippen LogP contribution in [0, 0.1) is 13.8 Å². The molecule has 2 nitrogen and oxygen atoms in total. The van der Waals surface area contributed by atoms with Gasteiger partial charge in [-0.25, -0.2) is 0 Å². The fourth-order valence-corrected chi connectivity index (χ4v) is 1.74. The zero-order chi connectivity index (χ0) is 12.4. The third-order valence-electron chi connectivity index (χ3n) is 2.41. The van der Waals surface area contributed by atoms with Crippen LogP contribution in [-0.2, 0) is 0 Å². The van der Waals surface area contributed by atoms with E-state index in [-0.39, 0.29) is 0 Å². The van der Waals surface area contributed by atoms with Crippen molar-refractivity contribution in [2.45, 2.75) is 13.8 Å². The molecule has 0 saturated heterocycles. The zero-order valence-electron chi connectivity index (χ0n) is 9.94. The molecule has 0 fully saturated rings. The molecule has 2 rings (SSSR count). The van der Waals surface area contributed by atoms with Gasteiger partial charge in [-0.3, -0.25) is 9.97 Å². The lowest BCUT2D eigenvalue weighted by Gasteiger charge is -2.07. The van der Waals surface area contributed by atoms with Gasteiger partial charge in [0.25, 0.3) is 0 Å². The van der Waals surface area contributed by atoms with E-state index in [1.165, 1.54) is 7.17 Å². The van der Waals surface area contributed by atoms with E-state index in [1.807, 2.05) is 38.1 Å². The van der Waals surface area contributed by atoms with Crippen molar-refractivity contribution >= 4 is 33.9 Å². The number of hydrogen-bond donors (Lipinski definition) is 0. The number of nitrogens with zero attached hydrogens (tertiary/aromatic N) is 2. The molecule has 2 heterocycles. The van der Waals surface area contributed by atoms with Crippen LogP contribution < -0.4 is 11.2 Å². The smallest absolute Gasteiger partial charge is 0.141 e. The molecule has 5 heteroatoms. The first-order valence-corrected chi connectivity index (χ1v) is 5.36. The largest absolute Gasteiger partial charge is 0.263 e. The quantitative estimate of drug-likeness (QED) is 0.657. The Hall–Kier alpha value is -1.51. The van der Waals surface area contributed by atoms with E-state index < -0.39 is 0 Å². The third-order valence-corrected chi connectivity index (χ3v) is 2.41. The van der Waals surface area contributed by atoms with Crippen LogP contribution in [0.25, 0.3) is 11.4 Å². The van der Waals surface area contributed by atoms with Crippen molar-refractivity contribution in [3.8, 4) is 11.4 Å². The minimum atomic E-state index is 0.501. The fourth-order valence-electron chi connectivity index (χ4n) is 1.74. The molecule has 2 aromatic heterocycles. The van der Waals surface area contributed by atoms with Crippen LogP contribution in [0.15, 0.2) is 24.3 Å². The maximum Gasteiger partial charge on any atom is 0.141 e. The number of aryl methyl sites for hydroxylation is 2. The van der Waals surface area contributed by atoms with E-state index in [9.17, 15) is 0 Å². The standard InChI is InChI=1S/C12H10B3N2/c1-7-3-9(16-11(13)5-7)10-4-8(2)6-12(15-14)17-10/h3-6H,1-2H3. The predicted octanol–water partition coefficient (Wildman–Crippen LogP) is -0.0328. The van der Waals surface area contributed by atoms with Crippen LogP contribution in [0.2, 0.25) is 0 Å². The second-order valence-corrected chi connectivity index (χ2v) is 4.08. The molecule has 0 N–H and O–H groups in total. The van der Waals surface area contributed by atoms with Crippen molar-refractivity contribution in [3.63, 3.8) is 0 Å². The van der Waals surface area contributed by atoms with Crippen LogP contribution in [0.5, 0.6) is 0 Å². The lowest BCUT2D eigenvalue weighted by molar-refractivity contribution is 1.26. The van der Waals surface area contributed by atoms with Crippen LogP contribution in [0.1, 0.15) is 11.1 Å². The molecule has 17 heavy (non-hydrogen) atoms. The summed E-state index contributed by atoms with van der Waals surface area (Å²) in [4.78, 5) is 8.69. The summed E-state index contributed by atoms with van der Waals surface area (Å²) in [5, 5.41) is 0. The zero-order valence-corrected chi connectivity index (χ0v) is 9.94. The normalized spacial score (nSPS) is 10.2. The summed E-state index contributed by atoms with van der Waals surface area (Å²) in [5.74, 6) is 0. The minimum absolute atomic E-state index is 0.501. The van der Waals surface area contributed by atoms with E-state index >= 15 is 0 Å². The summed E-state index contributed by atoms with van der Waals surface area (Å²) in [6.45, 7) is 3.98. The lowest BCUT2D eigenvalue weighted by atomic mass is 9.53. The van der Waals surface area contributed by atoms with E-state index in [0.717, 1.165) is 28.1 Å². The Kier molecular flexibility index (Phi) is 3.37. The Balaban J connectivity index is 2.55. The molecule has 5 radical (unpaired) electrons. The van der Waals surface area contributed by atoms with Gasteiger partial charge in [-0.2, -0.15) is 0 Å². The molecule has 0 aromatic carbocycles. The maximum absolute atomic E-state index is 5.73. The van der Waals surface area contributed by atoms with Crippen molar-refractivity contribution in [2.75, 3.05) is 0 Å². The highest BCUT2D eigenvalue weighted by molar-refractivity contribution is 6.97. The van der Waals surface area contributed by atoms with Gasteiger partial charge in [-0.15, -0.1) is 0 Å². The van der Waals surface area contributed by atoms with Crippen LogP contribution >= 0.6 is 0 Å². The first-order valence-electron chi connectivity index (χ1n) is 5.36. The highest BCUT2D eigenvalue weighted by Gasteiger charge is 2.05. The first-order chi connectivity index (χ1) is 8.08. The minimum Gasteiger partial charge on any atom is -0.263 e. The maximum atomic E-state index is 5.73. The van der Waals surface area contributed by atoms with Gasteiger partial charge in [0.15, 0.2) is 0 Å². The van der Waals surface area contributed by atoms with Crippen LogP contribution in [-0.4, -0.2) is 32.7 Å². The first kappa shape index (κ1) is 12.0. The van der Waals surface area contributed by atoms with Gasteiger partial charge in [-0.1, -0.05) is 0 Å². The second-order valence-electron chi connectivity index (χ2n) is 4.08. The molecule has 0 bridgehead atoms. The summed E-state index contributed by atoms with van der Waals surface area (Å²) in [6.07, 6.45) is 0. The van der Waals surface area contributed by atoms with Crippen molar-refractivity contribution in [3.05, 3.63) is 35.4 Å². The van der Waals surface area contributed by atoms with Gasteiger partial charge in [0.2, 0.25) is 0 Å². The molecule has 0 aliphatic rings. The molecule has 0 spiro atoms. The molecule has 77 valence electrons. The van der Waals surface area contributed by atoms with Crippen molar-refractivity contribution in [1.82, 2.24) is 9.97 Å². The molecule has 0 saturated carbocycles. The second kappa shape index (κ2) is 4.78. The topological polar surface area (TPSA) is 25.8 Å². The monoisotopic (exact) mass is 215 g/mol. The third kappa shape index (κ3) is 2.79. The molecule has 0 aliphatic carbocycles. The van der Waals surface area contributed by atoms with Crippen molar-refractivity contribution in [2.24, 2.45) is 0 Å². The van der Waals surface area contributed by atoms with Gasteiger partial charge in [-0.05, 0) is 60.4 Å². The molecule has 0 amide bonds. The molecule has 2 aromatic rings. The fraction of sp³-hybridized carbons (Fsp3) is 0.167. The van der Waals surface area contributed by atoms with E-state index in [4.69, 9.17) is 15.6 Å². The van der Waals surface area contributed by atoms with Crippen LogP contribution in [0.4, 0.5) is 0 Å². The lowest BCUT2D eigenvalue weighted by Crippen LogP contribution is -2.20. The molecule has 0 unspecified atom stereocenters. The van der Waals surface area contributed by atoms with E-state index in [0.29, 0.717) is 5.59 Å². The summed E-state index contributed by atoms with van der Waals surface area (Å²) in [6, 6.07) is 7.67. The van der Waals surface area contributed by atoms with Crippen molar-refractivity contribution < 1.29 is 0 Å². The predicted molar refractivity (Wildman–Crippen MR) is 73.5 cm³/mol. The molecular weight excluding hydrogens is 205 g/mol. The Morgan fingerprint density at radius 1 is 0.941 bits per heavy atom. The van der Waals surface area contributed by atoms with Gasteiger partial charge in [0, 0.05) is 7.74 Å². The molecule has 0 atom stereocenters. The SMILES string of the molecule is [B][B]c1cc(C)cc(-c2cc(C)cc([B])n2)n1. The molecular formula is C12H10B3N2. The average molecular weight is 215 g/mol. The van der Waals surface area contributed by atoms with Gasteiger partial charge in [0.1, 0.15) is 15.0 Å². The highest BCUT2D eigenvalue weighted by Crippen LogP contribution is 2.14. The number of hydrogen-bond acceptors (Lipinski definition) is 2. The Morgan fingerprint density at radius 3 is 2.12 bits per heavy atom. The highest BCUT2D eigenvalue weighted by atomic mass is 14.8.